The molecule has 0 unspecified atom stereocenters. The van der Waals surface area contributed by atoms with E-state index in [1.807, 2.05) is 6.92 Å². The topological polar surface area (TPSA) is 92.8 Å². The summed E-state index contributed by atoms with van der Waals surface area (Å²) in [6.07, 6.45) is 2.73. The number of sulfonamides is 1. The maximum absolute atomic E-state index is 12.5. The highest BCUT2D eigenvalue weighted by Gasteiger charge is 2.27. The quantitative estimate of drug-likeness (QED) is 0.698. The molecule has 1 aliphatic heterocycles. The van der Waals surface area contributed by atoms with Crippen molar-refractivity contribution in [1.82, 2.24) is 4.31 Å². The van der Waals surface area contributed by atoms with E-state index in [0.717, 1.165) is 25.7 Å². The molecular weight excluding hydrogens is 356 g/mol. The predicted molar refractivity (Wildman–Crippen MR) is 98.1 cm³/mol. The number of hydrogen-bond donors (Lipinski definition) is 1. The van der Waals surface area contributed by atoms with Gasteiger partial charge in [-0.1, -0.05) is 13.3 Å². The minimum absolute atomic E-state index is 0.205. The first-order valence-corrected chi connectivity index (χ1v) is 10.4. The third kappa shape index (κ3) is 5.28. The first-order valence-electron chi connectivity index (χ1n) is 8.95. The summed E-state index contributed by atoms with van der Waals surface area (Å²) >= 11 is 0. The van der Waals surface area contributed by atoms with Crippen molar-refractivity contribution in [3.63, 3.8) is 0 Å². The third-order valence-electron chi connectivity index (χ3n) is 4.24. The second-order valence-electron chi connectivity index (χ2n) is 6.36. The Morgan fingerprint density at radius 2 is 1.81 bits per heavy atom. The molecule has 1 heterocycles. The van der Waals surface area contributed by atoms with E-state index in [9.17, 15) is 18.0 Å². The summed E-state index contributed by atoms with van der Waals surface area (Å²) in [5, 5.41) is 2.63. The monoisotopic (exact) mass is 382 g/mol. The fraction of sp³-hybridized carbons (Fsp3) is 0.556. The van der Waals surface area contributed by atoms with Gasteiger partial charge >= 0.3 is 5.97 Å². The number of hydrogen-bond acceptors (Lipinski definition) is 5. The van der Waals surface area contributed by atoms with Crippen LogP contribution in [0.3, 0.4) is 0 Å². The van der Waals surface area contributed by atoms with Gasteiger partial charge in [-0.05, 0) is 50.5 Å². The minimum Gasteiger partial charge on any atom is -0.453 e. The lowest BCUT2D eigenvalue weighted by Crippen LogP contribution is -2.30. The van der Waals surface area contributed by atoms with Gasteiger partial charge < -0.3 is 10.1 Å². The van der Waals surface area contributed by atoms with Gasteiger partial charge in [0.25, 0.3) is 5.91 Å². The number of rotatable bonds is 8. The molecule has 26 heavy (non-hydrogen) atoms. The predicted octanol–water partition coefficient (Wildman–Crippen LogP) is 2.53. The zero-order chi connectivity index (χ0) is 19.2. The maximum atomic E-state index is 12.5. The molecule has 7 nitrogen and oxygen atoms in total. The highest BCUT2D eigenvalue weighted by molar-refractivity contribution is 7.89. The van der Waals surface area contributed by atoms with Gasteiger partial charge in [0.1, 0.15) is 0 Å². The molecular formula is C18H26N2O5S. The fourth-order valence-corrected chi connectivity index (χ4v) is 4.18. The molecule has 1 aromatic rings. The summed E-state index contributed by atoms with van der Waals surface area (Å²) in [6, 6.07) is 6.02. The van der Waals surface area contributed by atoms with E-state index in [4.69, 9.17) is 4.74 Å². The van der Waals surface area contributed by atoms with Crippen LogP contribution in [0.5, 0.6) is 0 Å². The van der Waals surface area contributed by atoms with Gasteiger partial charge in [0.15, 0.2) is 6.10 Å². The van der Waals surface area contributed by atoms with E-state index in [0.29, 0.717) is 18.8 Å². The van der Waals surface area contributed by atoms with E-state index in [1.54, 1.807) is 0 Å². The molecule has 1 atom stereocenters. The van der Waals surface area contributed by atoms with E-state index in [-0.39, 0.29) is 11.3 Å². The van der Waals surface area contributed by atoms with Crippen molar-refractivity contribution in [1.29, 1.82) is 0 Å². The Hall–Kier alpha value is -1.93. The van der Waals surface area contributed by atoms with Crippen LogP contribution in [-0.4, -0.2) is 43.8 Å². The first kappa shape index (κ1) is 20.4. The van der Waals surface area contributed by atoms with Crippen LogP contribution in [0.1, 0.15) is 46.0 Å². The van der Waals surface area contributed by atoms with Gasteiger partial charge in [-0.25, -0.2) is 8.42 Å². The summed E-state index contributed by atoms with van der Waals surface area (Å²) < 4.78 is 31.5. The second-order valence-corrected chi connectivity index (χ2v) is 8.30. The number of anilines is 1. The number of carbonyl (C=O) groups excluding carboxylic acids is 2. The van der Waals surface area contributed by atoms with Crippen LogP contribution in [0.25, 0.3) is 0 Å². The summed E-state index contributed by atoms with van der Waals surface area (Å²) in [7, 11) is -3.47. The molecule has 2 rings (SSSR count). The number of amides is 1. The average Bonchev–Trinajstić information content (AvgIpc) is 3.16. The van der Waals surface area contributed by atoms with Gasteiger partial charge in [-0.2, -0.15) is 4.31 Å². The summed E-state index contributed by atoms with van der Waals surface area (Å²) in [6.45, 7) is 4.56. The lowest BCUT2D eigenvalue weighted by Gasteiger charge is -2.16. The van der Waals surface area contributed by atoms with Crippen molar-refractivity contribution in [2.45, 2.75) is 57.0 Å². The van der Waals surface area contributed by atoms with Crippen molar-refractivity contribution in [2.24, 2.45) is 0 Å². The zero-order valence-corrected chi connectivity index (χ0v) is 16.0. The van der Waals surface area contributed by atoms with E-state index in [2.05, 4.69) is 5.32 Å². The molecule has 1 amide bonds. The van der Waals surface area contributed by atoms with Crippen LogP contribution >= 0.6 is 0 Å². The first-order chi connectivity index (χ1) is 12.3. The number of nitrogens with zero attached hydrogens (tertiary/aromatic N) is 1. The van der Waals surface area contributed by atoms with Gasteiger partial charge in [0, 0.05) is 25.2 Å². The Morgan fingerprint density at radius 3 is 2.38 bits per heavy atom. The molecule has 0 spiro atoms. The highest BCUT2D eigenvalue weighted by Crippen LogP contribution is 2.22. The van der Waals surface area contributed by atoms with E-state index in [1.165, 1.54) is 35.5 Å². The molecule has 1 saturated heterocycles. The van der Waals surface area contributed by atoms with E-state index >= 15 is 0 Å². The number of esters is 1. The Labute approximate surface area is 154 Å². The van der Waals surface area contributed by atoms with Crippen LogP contribution in [0.15, 0.2) is 29.2 Å². The van der Waals surface area contributed by atoms with Crippen molar-refractivity contribution in [3.8, 4) is 0 Å². The summed E-state index contributed by atoms with van der Waals surface area (Å²) in [5.41, 5.74) is 0.451. The molecule has 0 aliphatic carbocycles. The van der Waals surface area contributed by atoms with Crippen LogP contribution in [-0.2, 0) is 24.3 Å². The largest absolute Gasteiger partial charge is 0.453 e. The molecule has 0 aromatic heterocycles. The van der Waals surface area contributed by atoms with Crippen molar-refractivity contribution in [2.75, 3.05) is 18.4 Å². The number of benzene rings is 1. The number of unbranched alkanes of at least 4 members (excludes halogenated alkanes) is 1. The van der Waals surface area contributed by atoms with Gasteiger partial charge in [0.2, 0.25) is 10.0 Å². The minimum atomic E-state index is -3.47. The Kier molecular flexibility index (Phi) is 7.16. The van der Waals surface area contributed by atoms with Crippen LogP contribution in [0.2, 0.25) is 0 Å². The van der Waals surface area contributed by atoms with E-state index < -0.39 is 28.0 Å². The molecule has 8 heteroatoms. The van der Waals surface area contributed by atoms with Gasteiger partial charge in [-0.3, -0.25) is 9.59 Å². The van der Waals surface area contributed by atoms with Gasteiger partial charge in [-0.15, -0.1) is 0 Å². The Bertz CT molecular complexity index is 724. The molecule has 1 N–H and O–H groups in total. The number of carbonyl (C=O) groups is 2. The Balaban J connectivity index is 1.94. The molecule has 1 fully saturated rings. The normalized spacial score (nSPS) is 16.2. The molecule has 0 bridgehead atoms. The molecule has 0 radical (unpaired) electrons. The van der Waals surface area contributed by atoms with Crippen molar-refractivity contribution < 1.29 is 22.7 Å². The number of ether oxygens (including phenoxy) is 1. The second kappa shape index (κ2) is 9.14. The number of nitrogens with one attached hydrogen (secondary N) is 1. The van der Waals surface area contributed by atoms with Crippen LogP contribution in [0, 0.1) is 0 Å². The molecule has 1 aliphatic rings. The zero-order valence-electron chi connectivity index (χ0n) is 15.2. The average molecular weight is 382 g/mol. The van der Waals surface area contributed by atoms with Crippen LogP contribution in [0.4, 0.5) is 5.69 Å². The maximum Gasteiger partial charge on any atom is 0.306 e. The molecule has 0 saturated carbocycles. The lowest BCUT2D eigenvalue weighted by molar-refractivity contribution is -0.153. The third-order valence-corrected chi connectivity index (χ3v) is 6.15. The molecule has 144 valence electrons. The smallest absolute Gasteiger partial charge is 0.306 e. The van der Waals surface area contributed by atoms with Gasteiger partial charge in [0.05, 0.1) is 4.90 Å². The molecule has 1 aromatic carbocycles. The Morgan fingerprint density at radius 1 is 1.19 bits per heavy atom. The van der Waals surface area contributed by atoms with Crippen molar-refractivity contribution in [3.05, 3.63) is 24.3 Å². The van der Waals surface area contributed by atoms with Crippen molar-refractivity contribution >= 4 is 27.6 Å². The SMILES string of the molecule is CCCCC(=O)O[C@@H](C)C(=O)Nc1ccc(S(=O)(=O)N2CCCC2)cc1. The standard InChI is InChI=1S/C18H26N2O5S/c1-3-4-7-17(21)25-14(2)18(22)19-15-8-10-16(11-9-15)26(23,24)20-12-5-6-13-20/h8-11,14H,3-7,12-13H2,1-2H3,(H,19,22)/t14-/m0/s1. The summed E-state index contributed by atoms with van der Waals surface area (Å²) in [4.78, 5) is 23.9. The lowest BCUT2D eigenvalue weighted by atomic mass is 10.2. The summed E-state index contributed by atoms with van der Waals surface area (Å²) in [5.74, 6) is -0.855. The highest BCUT2D eigenvalue weighted by atomic mass is 32.2. The fourth-order valence-electron chi connectivity index (χ4n) is 2.66. The van der Waals surface area contributed by atoms with Crippen LogP contribution < -0.4 is 5.32 Å².